The maximum absolute atomic E-state index is 2.45. The first kappa shape index (κ1) is 33.6. The van der Waals surface area contributed by atoms with Crippen molar-refractivity contribution >= 4 is 59.3 Å². The first-order chi connectivity index (χ1) is 28.0. The second-order valence-electron chi connectivity index (χ2n) is 15.7. The monoisotopic (exact) mass is 745 g/mol. The Balaban J connectivity index is 1.04. The zero-order chi connectivity index (χ0) is 38.1. The number of thiophene rings is 1. The Hall–Kier alpha value is -6.74. The van der Waals surface area contributed by atoms with Gasteiger partial charge in [-0.25, -0.2) is 0 Å². The lowest BCUT2D eigenvalue weighted by atomic mass is 9.81. The smallest absolute Gasteiger partial charge is 0.0540 e. The van der Waals surface area contributed by atoms with Gasteiger partial charge in [-0.2, -0.15) is 0 Å². The van der Waals surface area contributed by atoms with E-state index in [-0.39, 0.29) is 5.41 Å². The van der Waals surface area contributed by atoms with Crippen molar-refractivity contribution in [3.63, 3.8) is 0 Å². The Morgan fingerprint density at radius 3 is 1.82 bits per heavy atom. The molecule has 270 valence electrons. The molecule has 11 rings (SSSR count). The molecule has 0 spiro atoms. The molecule has 0 aliphatic heterocycles. The summed E-state index contributed by atoms with van der Waals surface area (Å²) in [6, 6.07) is 73.8. The SMILES string of the molecule is CC1(C)c2cc(-c3cccc4ccccc34)ccc2-c2ccc(N(c3ccc(-c4cccc5c4sc4ccccc45)cc3)c3ccccc3-c3ccccc3)cc21. The second kappa shape index (κ2) is 13.2. The maximum Gasteiger partial charge on any atom is 0.0540 e. The van der Waals surface area contributed by atoms with Crippen molar-refractivity contribution in [2.45, 2.75) is 19.3 Å². The van der Waals surface area contributed by atoms with E-state index in [1.165, 1.54) is 86.6 Å². The number of hydrogen-bond donors (Lipinski definition) is 0. The van der Waals surface area contributed by atoms with Gasteiger partial charge >= 0.3 is 0 Å². The highest BCUT2D eigenvalue weighted by molar-refractivity contribution is 7.26. The van der Waals surface area contributed by atoms with Crippen LogP contribution >= 0.6 is 11.3 Å². The summed E-state index contributed by atoms with van der Waals surface area (Å²) in [6.45, 7) is 4.78. The van der Waals surface area contributed by atoms with E-state index in [2.05, 4.69) is 219 Å². The summed E-state index contributed by atoms with van der Waals surface area (Å²) in [7, 11) is 0. The minimum Gasteiger partial charge on any atom is -0.310 e. The maximum atomic E-state index is 2.45. The van der Waals surface area contributed by atoms with Gasteiger partial charge in [-0.05, 0) is 103 Å². The Labute approximate surface area is 337 Å². The lowest BCUT2D eigenvalue weighted by Gasteiger charge is -2.30. The first-order valence-corrected chi connectivity index (χ1v) is 20.6. The predicted octanol–water partition coefficient (Wildman–Crippen LogP) is 16.0. The predicted molar refractivity (Wildman–Crippen MR) is 245 cm³/mol. The fourth-order valence-electron chi connectivity index (χ4n) is 9.23. The molecule has 0 radical (unpaired) electrons. The van der Waals surface area contributed by atoms with E-state index in [0.717, 1.165) is 17.1 Å². The van der Waals surface area contributed by atoms with Gasteiger partial charge in [0.05, 0.1) is 5.69 Å². The highest BCUT2D eigenvalue weighted by Gasteiger charge is 2.36. The molecule has 1 heterocycles. The Morgan fingerprint density at radius 1 is 0.386 bits per heavy atom. The molecule has 0 atom stereocenters. The van der Waals surface area contributed by atoms with E-state index in [1.54, 1.807) is 0 Å². The fraction of sp³-hybridized carbons (Fsp3) is 0.0545. The van der Waals surface area contributed by atoms with Gasteiger partial charge in [-0.3, -0.25) is 0 Å². The van der Waals surface area contributed by atoms with E-state index < -0.39 is 0 Å². The van der Waals surface area contributed by atoms with Crippen LogP contribution in [0.4, 0.5) is 17.1 Å². The van der Waals surface area contributed by atoms with Crippen LogP contribution in [0.1, 0.15) is 25.0 Å². The van der Waals surface area contributed by atoms with Crippen molar-refractivity contribution in [1.82, 2.24) is 0 Å². The van der Waals surface area contributed by atoms with Crippen molar-refractivity contribution in [3.8, 4) is 44.5 Å². The van der Waals surface area contributed by atoms with E-state index in [9.17, 15) is 0 Å². The summed E-state index contributed by atoms with van der Waals surface area (Å²) in [4.78, 5) is 2.45. The zero-order valence-corrected chi connectivity index (χ0v) is 32.7. The van der Waals surface area contributed by atoms with Crippen molar-refractivity contribution < 1.29 is 0 Å². The largest absolute Gasteiger partial charge is 0.310 e. The molecule has 1 aromatic heterocycles. The van der Waals surface area contributed by atoms with E-state index >= 15 is 0 Å². The second-order valence-corrected chi connectivity index (χ2v) is 16.7. The molecule has 2 heteroatoms. The third-order valence-electron chi connectivity index (χ3n) is 12.1. The molecule has 10 aromatic rings. The minimum absolute atomic E-state index is 0.196. The molecule has 0 fully saturated rings. The standard InChI is InChI=1S/C55H39NS/c1-55(2)50-34-39(43-21-12-17-36-16-6-7-18-42(36)43)28-32-46(50)47-33-31-41(35-51(47)55)56(52-24-10-8-19-44(52)37-14-4-3-5-15-37)40-29-26-38(27-30-40)45-22-13-23-49-48-20-9-11-25-53(48)57-54(45)49/h3-35H,1-2H3. The number of fused-ring (bicyclic) bond motifs is 7. The van der Waals surface area contributed by atoms with Crippen molar-refractivity contribution in [1.29, 1.82) is 0 Å². The van der Waals surface area contributed by atoms with Crippen LogP contribution in [-0.4, -0.2) is 0 Å². The zero-order valence-electron chi connectivity index (χ0n) is 31.9. The summed E-state index contributed by atoms with van der Waals surface area (Å²) in [5, 5.41) is 5.20. The van der Waals surface area contributed by atoms with Gasteiger partial charge in [0.15, 0.2) is 0 Å². The van der Waals surface area contributed by atoms with Gasteiger partial charge in [0.1, 0.15) is 0 Å². The van der Waals surface area contributed by atoms with Crippen LogP contribution in [0.3, 0.4) is 0 Å². The number of benzene rings is 9. The molecule has 0 saturated carbocycles. The number of nitrogens with zero attached hydrogens (tertiary/aromatic N) is 1. The quantitative estimate of drug-likeness (QED) is 0.164. The molecular weight excluding hydrogens is 707 g/mol. The number of rotatable bonds is 6. The average Bonchev–Trinajstić information content (AvgIpc) is 3.76. The molecule has 0 bridgehead atoms. The summed E-state index contributed by atoms with van der Waals surface area (Å²) in [6.07, 6.45) is 0. The number of para-hydroxylation sites is 1. The molecule has 0 saturated heterocycles. The molecule has 1 nitrogen and oxygen atoms in total. The van der Waals surface area contributed by atoms with Crippen LogP contribution in [0.5, 0.6) is 0 Å². The van der Waals surface area contributed by atoms with Crippen molar-refractivity contribution in [2.24, 2.45) is 0 Å². The van der Waals surface area contributed by atoms with Gasteiger partial charge in [-0.1, -0.05) is 172 Å². The summed E-state index contributed by atoms with van der Waals surface area (Å²) in [5.41, 5.74) is 16.0. The van der Waals surface area contributed by atoms with Gasteiger partial charge < -0.3 is 4.90 Å². The van der Waals surface area contributed by atoms with Crippen molar-refractivity contribution in [3.05, 3.63) is 211 Å². The van der Waals surface area contributed by atoms with Crippen LogP contribution in [-0.2, 0) is 5.41 Å². The van der Waals surface area contributed by atoms with E-state index in [1.807, 2.05) is 11.3 Å². The Kier molecular flexibility index (Phi) is 7.77. The van der Waals surface area contributed by atoms with Crippen LogP contribution in [0.25, 0.3) is 75.5 Å². The van der Waals surface area contributed by atoms with Crippen molar-refractivity contribution in [2.75, 3.05) is 4.90 Å². The fourth-order valence-corrected chi connectivity index (χ4v) is 10.5. The number of anilines is 3. The molecule has 0 N–H and O–H groups in total. The Bertz CT molecular complexity index is 3150. The third kappa shape index (κ3) is 5.44. The molecule has 0 amide bonds. The van der Waals surface area contributed by atoms with E-state index in [0.29, 0.717) is 0 Å². The topological polar surface area (TPSA) is 3.24 Å². The van der Waals surface area contributed by atoms with E-state index in [4.69, 9.17) is 0 Å². The highest BCUT2D eigenvalue weighted by Crippen LogP contribution is 2.52. The van der Waals surface area contributed by atoms with Gasteiger partial charge in [0.2, 0.25) is 0 Å². The molecule has 0 unspecified atom stereocenters. The molecule has 9 aromatic carbocycles. The lowest BCUT2D eigenvalue weighted by molar-refractivity contribution is 0.660. The van der Waals surface area contributed by atoms with Crippen LogP contribution < -0.4 is 4.90 Å². The Morgan fingerprint density at radius 2 is 0.965 bits per heavy atom. The van der Waals surface area contributed by atoms with Gasteiger partial charge in [0.25, 0.3) is 0 Å². The summed E-state index contributed by atoms with van der Waals surface area (Å²) >= 11 is 1.88. The summed E-state index contributed by atoms with van der Waals surface area (Å²) < 4.78 is 2.66. The lowest BCUT2D eigenvalue weighted by Crippen LogP contribution is -2.17. The normalized spacial score (nSPS) is 12.9. The number of hydrogen-bond acceptors (Lipinski definition) is 2. The molecule has 57 heavy (non-hydrogen) atoms. The molecule has 1 aliphatic rings. The van der Waals surface area contributed by atoms with Gasteiger partial charge in [-0.15, -0.1) is 11.3 Å². The average molecular weight is 746 g/mol. The summed E-state index contributed by atoms with van der Waals surface area (Å²) in [5.74, 6) is 0. The third-order valence-corrected chi connectivity index (χ3v) is 13.3. The van der Waals surface area contributed by atoms with Gasteiger partial charge in [0, 0.05) is 42.5 Å². The van der Waals surface area contributed by atoms with Crippen LogP contribution in [0.2, 0.25) is 0 Å². The minimum atomic E-state index is -0.196. The molecule has 1 aliphatic carbocycles. The highest BCUT2D eigenvalue weighted by atomic mass is 32.1. The first-order valence-electron chi connectivity index (χ1n) is 19.8. The molecular formula is C55H39NS. The van der Waals surface area contributed by atoms with Crippen LogP contribution in [0.15, 0.2) is 200 Å². The van der Waals surface area contributed by atoms with Crippen LogP contribution in [0, 0.1) is 0 Å².